The molecule has 8 atom stereocenters. The number of fused-ring (bicyclic) bond motifs is 5. The van der Waals surface area contributed by atoms with Crippen LogP contribution in [0.5, 0.6) is 0 Å². The lowest BCUT2D eigenvalue weighted by molar-refractivity contribution is -0.157. The predicted octanol–water partition coefficient (Wildman–Crippen LogP) is 3.54. The summed E-state index contributed by atoms with van der Waals surface area (Å²) >= 11 is 0. The van der Waals surface area contributed by atoms with Gasteiger partial charge in [0.05, 0.1) is 13.0 Å². The standard InChI is InChI=1S/C21H33NO3/c1-12-11-21(3)15-9-10-20(2)14(6-7-16(20)19(24)25-4)13(15)5-8-17(21)22-18(12)23/h12-17H,5-11H2,1-4H3,(H,22,23)/t12-,13?,14?,15?,16?,17?,20+,21-/m1/s1. The summed E-state index contributed by atoms with van der Waals surface area (Å²) in [5, 5.41) is 3.33. The molecule has 4 nitrogen and oxygen atoms in total. The van der Waals surface area contributed by atoms with E-state index in [2.05, 4.69) is 26.1 Å². The number of methoxy groups -OCH3 is 1. The topological polar surface area (TPSA) is 55.4 Å². The molecule has 1 saturated heterocycles. The molecule has 0 aromatic carbocycles. The zero-order chi connectivity index (χ0) is 18.0. The highest BCUT2D eigenvalue weighted by Crippen LogP contribution is 2.65. The van der Waals surface area contributed by atoms with E-state index in [-0.39, 0.29) is 34.5 Å². The van der Waals surface area contributed by atoms with Crippen LogP contribution in [-0.4, -0.2) is 25.0 Å². The molecule has 4 rings (SSSR count). The first-order chi connectivity index (χ1) is 11.8. The van der Waals surface area contributed by atoms with E-state index in [0.29, 0.717) is 23.8 Å². The van der Waals surface area contributed by atoms with E-state index in [0.717, 1.165) is 25.7 Å². The number of rotatable bonds is 1. The molecule has 4 aliphatic rings. The van der Waals surface area contributed by atoms with Gasteiger partial charge in [0.2, 0.25) is 5.91 Å². The van der Waals surface area contributed by atoms with Crippen LogP contribution in [0.1, 0.15) is 65.7 Å². The highest BCUT2D eigenvalue weighted by atomic mass is 16.5. The van der Waals surface area contributed by atoms with Gasteiger partial charge in [-0.15, -0.1) is 0 Å². The second-order valence-electron chi connectivity index (χ2n) is 9.82. The van der Waals surface area contributed by atoms with Crippen LogP contribution in [0, 0.1) is 40.4 Å². The third-order valence-electron chi connectivity index (χ3n) is 8.86. The summed E-state index contributed by atoms with van der Waals surface area (Å²) in [5.74, 6) is 2.48. The van der Waals surface area contributed by atoms with Crippen molar-refractivity contribution in [1.82, 2.24) is 5.32 Å². The Balaban J connectivity index is 1.62. The zero-order valence-corrected chi connectivity index (χ0v) is 16.1. The summed E-state index contributed by atoms with van der Waals surface area (Å²) in [6, 6.07) is 0.347. The van der Waals surface area contributed by atoms with Gasteiger partial charge in [-0.2, -0.15) is 0 Å². The minimum absolute atomic E-state index is 0.00176. The number of hydrogen-bond acceptors (Lipinski definition) is 3. The molecule has 1 N–H and O–H groups in total. The molecular weight excluding hydrogens is 314 g/mol. The van der Waals surface area contributed by atoms with Crippen molar-refractivity contribution in [2.45, 2.75) is 71.8 Å². The minimum Gasteiger partial charge on any atom is -0.469 e. The Kier molecular flexibility index (Phi) is 3.97. The van der Waals surface area contributed by atoms with Crippen molar-refractivity contribution in [3.63, 3.8) is 0 Å². The highest BCUT2D eigenvalue weighted by molar-refractivity contribution is 5.79. The van der Waals surface area contributed by atoms with Gasteiger partial charge in [0.25, 0.3) is 0 Å². The van der Waals surface area contributed by atoms with Crippen LogP contribution in [0.4, 0.5) is 0 Å². The van der Waals surface area contributed by atoms with E-state index in [9.17, 15) is 9.59 Å². The number of ether oxygens (including phenoxy) is 1. The second kappa shape index (κ2) is 5.72. The van der Waals surface area contributed by atoms with E-state index in [1.54, 1.807) is 0 Å². The summed E-state index contributed by atoms with van der Waals surface area (Å²) in [5.41, 5.74) is 0.335. The van der Waals surface area contributed by atoms with Crippen molar-refractivity contribution in [2.24, 2.45) is 40.4 Å². The Morgan fingerprint density at radius 3 is 2.52 bits per heavy atom. The monoisotopic (exact) mass is 347 g/mol. The van der Waals surface area contributed by atoms with Crippen molar-refractivity contribution in [3.8, 4) is 0 Å². The van der Waals surface area contributed by atoms with Crippen molar-refractivity contribution in [2.75, 3.05) is 7.11 Å². The maximum atomic E-state index is 12.3. The first-order valence-electron chi connectivity index (χ1n) is 10.2. The summed E-state index contributed by atoms with van der Waals surface area (Å²) in [4.78, 5) is 24.5. The second-order valence-corrected chi connectivity index (χ2v) is 9.82. The number of esters is 1. The smallest absolute Gasteiger partial charge is 0.309 e. The van der Waals surface area contributed by atoms with E-state index in [4.69, 9.17) is 4.74 Å². The molecule has 3 aliphatic carbocycles. The molecule has 5 unspecified atom stereocenters. The van der Waals surface area contributed by atoms with Crippen LogP contribution in [-0.2, 0) is 14.3 Å². The van der Waals surface area contributed by atoms with Crippen LogP contribution in [0.25, 0.3) is 0 Å². The molecule has 0 radical (unpaired) electrons. The Labute approximate surface area is 151 Å². The molecule has 1 amide bonds. The largest absolute Gasteiger partial charge is 0.469 e. The SMILES string of the molecule is COC(=O)C1CCC2C3CCC4NC(=O)[C@H](C)C[C@]4(C)C3CC[C@]12C. The van der Waals surface area contributed by atoms with Gasteiger partial charge in [-0.3, -0.25) is 9.59 Å². The number of carbonyl (C=O) groups excluding carboxylic acids is 2. The van der Waals surface area contributed by atoms with Crippen LogP contribution >= 0.6 is 0 Å². The number of amides is 1. The zero-order valence-electron chi connectivity index (χ0n) is 16.1. The van der Waals surface area contributed by atoms with Gasteiger partial charge < -0.3 is 10.1 Å². The lowest BCUT2D eigenvalue weighted by atomic mass is 9.46. The van der Waals surface area contributed by atoms with E-state index >= 15 is 0 Å². The molecule has 0 aromatic heterocycles. The Hall–Kier alpha value is -1.06. The van der Waals surface area contributed by atoms with Gasteiger partial charge in [-0.25, -0.2) is 0 Å². The molecule has 0 bridgehead atoms. The summed E-state index contributed by atoms with van der Waals surface area (Å²) in [7, 11) is 1.53. The quantitative estimate of drug-likeness (QED) is 0.738. The molecule has 4 fully saturated rings. The van der Waals surface area contributed by atoms with Crippen LogP contribution in [0.3, 0.4) is 0 Å². The number of nitrogens with one attached hydrogen (secondary N) is 1. The summed E-state index contributed by atoms with van der Waals surface area (Å²) in [6.07, 6.45) is 7.81. The fourth-order valence-corrected chi connectivity index (χ4v) is 7.58. The molecule has 1 aliphatic heterocycles. The maximum Gasteiger partial charge on any atom is 0.309 e. The van der Waals surface area contributed by atoms with Crippen LogP contribution < -0.4 is 5.32 Å². The molecule has 25 heavy (non-hydrogen) atoms. The lowest BCUT2D eigenvalue weighted by Gasteiger charge is -2.60. The van der Waals surface area contributed by atoms with Crippen molar-refractivity contribution >= 4 is 11.9 Å². The third-order valence-corrected chi connectivity index (χ3v) is 8.86. The molecule has 0 aromatic rings. The molecule has 0 spiro atoms. The normalized spacial score (nSPS) is 51.8. The summed E-state index contributed by atoms with van der Waals surface area (Å²) < 4.78 is 5.13. The molecule has 4 heteroatoms. The van der Waals surface area contributed by atoms with E-state index in [1.807, 2.05) is 0 Å². The number of carbonyl (C=O) groups is 2. The first kappa shape index (κ1) is 17.4. The average molecular weight is 347 g/mol. The van der Waals surface area contributed by atoms with Crippen molar-refractivity contribution in [3.05, 3.63) is 0 Å². The molecule has 3 saturated carbocycles. The van der Waals surface area contributed by atoms with E-state index < -0.39 is 0 Å². The van der Waals surface area contributed by atoms with Crippen molar-refractivity contribution in [1.29, 1.82) is 0 Å². The van der Waals surface area contributed by atoms with Gasteiger partial charge in [-0.1, -0.05) is 20.8 Å². The first-order valence-corrected chi connectivity index (χ1v) is 10.2. The fourth-order valence-electron chi connectivity index (χ4n) is 7.58. The van der Waals surface area contributed by atoms with Gasteiger partial charge in [0.15, 0.2) is 0 Å². The fraction of sp³-hybridized carbons (Fsp3) is 0.905. The van der Waals surface area contributed by atoms with Crippen LogP contribution in [0.15, 0.2) is 0 Å². The third kappa shape index (κ3) is 2.31. The molecule has 140 valence electrons. The average Bonchev–Trinajstić information content (AvgIpc) is 2.93. The molecule has 1 heterocycles. The minimum atomic E-state index is 0.00176. The highest BCUT2D eigenvalue weighted by Gasteiger charge is 2.62. The van der Waals surface area contributed by atoms with Gasteiger partial charge in [-0.05, 0) is 73.5 Å². The van der Waals surface area contributed by atoms with E-state index in [1.165, 1.54) is 26.4 Å². The molecular formula is C21H33NO3. The Morgan fingerprint density at radius 1 is 1.08 bits per heavy atom. The Morgan fingerprint density at radius 2 is 1.80 bits per heavy atom. The van der Waals surface area contributed by atoms with Gasteiger partial charge >= 0.3 is 5.97 Å². The number of hydrogen-bond donors (Lipinski definition) is 1. The maximum absolute atomic E-state index is 12.3. The van der Waals surface area contributed by atoms with Crippen LogP contribution in [0.2, 0.25) is 0 Å². The lowest BCUT2D eigenvalue weighted by Crippen LogP contribution is -2.62. The van der Waals surface area contributed by atoms with Gasteiger partial charge in [0, 0.05) is 12.0 Å². The predicted molar refractivity (Wildman–Crippen MR) is 95.6 cm³/mol. The number of piperidine rings is 1. The Bertz CT molecular complexity index is 590. The summed E-state index contributed by atoms with van der Waals surface area (Å²) in [6.45, 7) is 6.86. The van der Waals surface area contributed by atoms with Gasteiger partial charge in [0.1, 0.15) is 0 Å². The van der Waals surface area contributed by atoms with Crippen molar-refractivity contribution < 1.29 is 14.3 Å².